The molecule has 14 heavy (non-hydrogen) atoms. The highest BCUT2D eigenvalue weighted by atomic mass is 32.2. The molecule has 4 heteroatoms. The third kappa shape index (κ3) is 3.47. The van der Waals surface area contributed by atoms with Gasteiger partial charge in [0.05, 0.1) is 5.69 Å². The van der Waals surface area contributed by atoms with Crippen molar-refractivity contribution in [2.75, 3.05) is 0 Å². The quantitative estimate of drug-likeness (QED) is 0.553. The van der Waals surface area contributed by atoms with Crippen molar-refractivity contribution in [2.45, 2.75) is 25.5 Å². The Morgan fingerprint density at radius 1 is 1.43 bits per heavy atom. The summed E-state index contributed by atoms with van der Waals surface area (Å²) in [4.78, 5) is 4.05. The second kappa shape index (κ2) is 4.57. The fourth-order valence-electron chi connectivity index (χ4n) is 0.712. The largest absolute Gasteiger partial charge is 0.591 e. The van der Waals surface area contributed by atoms with E-state index in [-0.39, 0.29) is 4.75 Å². The van der Waals surface area contributed by atoms with E-state index in [0.29, 0.717) is 0 Å². The van der Waals surface area contributed by atoms with Gasteiger partial charge in [0, 0.05) is 6.20 Å². The number of aromatic nitrogens is 1. The van der Waals surface area contributed by atoms with E-state index in [1.54, 1.807) is 12.4 Å². The van der Waals surface area contributed by atoms with Gasteiger partial charge in [-0.1, -0.05) is 10.5 Å². The van der Waals surface area contributed by atoms with Crippen LogP contribution in [0, 0.1) is 0 Å². The molecule has 0 amide bonds. The zero-order valence-electron chi connectivity index (χ0n) is 8.60. The Hall–Kier alpha value is -0.870. The predicted molar refractivity (Wildman–Crippen MR) is 59.7 cm³/mol. The van der Waals surface area contributed by atoms with Crippen LogP contribution in [0.5, 0.6) is 0 Å². The van der Waals surface area contributed by atoms with Gasteiger partial charge in [0.25, 0.3) is 0 Å². The van der Waals surface area contributed by atoms with Gasteiger partial charge in [-0.25, -0.2) is 0 Å². The summed E-state index contributed by atoms with van der Waals surface area (Å²) in [5.74, 6) is 0. The van der Waals surface area contributed by atoms with Gasteiger partial charge in [-0.15, -0.1) is 0 Å². The minimum Gasteiger partial charge on any atom is -0.591 e. The highest BCUT2D eigenvalue weighted by Gasteiger charge is 2.25. The number of pyridine rings is 1. The number of hydrogen-bond acceptors (Lipinski definition) is 3. The van der Waals surface area contributed by atoms with E-state index < -0.39 is 11.4 Å². The lowest BCUT2D eigenvalue weighted by Crippen LogP contribution is -2.25. The van der Waals surface area contributed by atoms with Crippen LogP contribution < -0.4 is 0 Å². The molecule has 0 N–H and O–H groups in total. The molecule has 1 aromatic heterocycles. The van der Waals surface area contributed by atoms with Crippen LogP contribution in [0.15, 0.2) is 28.8 Å². The molecule has 1 rings (SSSR count). The van der Waals surface area contributed by atoms with Gasteiger partial charge in [0.2, 0.25) is 0 Å². The molecule has 0 aliphatic heterocycles. The Bertz CT molecular complexity index is 306. The molecule has 1 heterocycles. The average molecular weight is 210 g/mol. The van der Waals surface area contributed by atoms with Crippen LogP contribution in [0.2, 0.25) is 0 Å². The SMILES string of the molecule is CC(C)(C)[S@@+]([O-])/N=C/c1ccccn1. The van der Waals surface area contributed by atoms with Crippen LogP contribution in [-0.2, 0) is 11.4 Å². The molecule has 0 aliphatic rings. The standard InChI is InChI=1S/C10H14N2OS/c1-10(2,3)14(13)12-8-9-6-4-5-7-11-9/h4-8H,1-3H3/b12-8+/t14-/m1/s1. The van der Waals surface area contributed by atoms with Gasteiger partial charge in [-0.05, 0) is 32.9 Å². The summed E-state index contributed by atoms with van der Waals surface area (Å²) in [6, 6.07) is 5.52. The Kier molecular flexibility index (Phi) is 3.66. The molecule has 0 aliphatic carbocycles. The van der Waals surface area contributed by atoms with Crippen LogP contribution in [-0.4, -0.2) is 20.5 Å². The molecular formula is C10H14N2OS. The van der Waals surface area contributed by atoms with Gasteiger partial charge in [0.15, 0.2) is 0 Å². The first-order chi connectivity index (χ1) is 6.50. The van der Waals surface area contributed by atoms with Gasteiger partial charge in [-0.3, -0.25) is 4.98 Å². The monoisotopic (exact) mass is 210 g/mol. The summed E-state index contributed by atoms with van der Waals surface area (Å²) in [6.45, 7) is 5.66. The van der Waals surface area contributed by atoms with Crippen molar-refractivity contribution in [1.29, 1.82) is 0 Å². The van der Waals surface area contributed by atoms with Crippen molar-refractivity contribution < 1.29 is 4.55 Å². The van der Waals surface area contributed by atoms with Crippen LogP contribution in [0.3, 0.4) is 0 Å². The highest BCUT2D eigenvalue weighted by molar-refractivity contribution is 7.91. The van der Waals surface area contributed by atoms with Crippen molar-refractivity contribution in [1.82, 2.24) is 4.98 Å². The third-order valence-electron chi connectivity index (χ3n) is 1.49. The Morgan fingerprint density at radius 2 is 2.14 bits per heavy atom. The summed E-state index contributed by atoms with van der Waals surface area (Å²) < 4.78 is 15.2. The molecule has 0 radical (unpaired) electrons. The van der Waals surface area contributed by atoms with E-state index in [2.05, 4.69) is 9.38 Å². The molecule has 1 aromatic rings. The molecule has 0 aromatic carbocycles. The van der Waals surface area contributed by atoms with E-state index in [1.807, 2.05) is 39.0 Å². The molecule has 0 unspecified atom stereocenters. The first kappa shape index (κ1) is 11.2. The van der Waals surface area contributed by atoms with Gasteiger partial charge in [0.1, 0.15) is 22.3 Å². The van der Waals surface area contributed by atoms with Crippen molar-refractivity contribution >= 4 is 17.6 Å². The summed E-state index contributed by atoms with van der Waals surface area (Å²) in [5, 5.41) is 0. The Balaban J connectivity index is 2.66. The van der Waals surface area contributed by atoms with Crippen LogP contribution in [0.4, 0.5) is 0 Å². The lowest BCUT2D eigenvalue weighted by atomic mass is 10.3. The zero-order chi connectivity index (χ0) is 10.6. The van der Waals surface area contributed by atoms with Gasteiger partial charge < -0.3 is 4.55 Å². The van der Waals surface area contributed by atoms with Crippen molar-refractivity contribution in [3.05, 3.63) is 30.1 Å². The lowest BCUT2D eigenvalue weighted by molar-refractivity contribution is 0.562. The summed E-state index contributed by atoms with van der Waals surface area (Å²) >= 11 is -1.21. The van der Waals surface area contributed by atoms with Crippen LogP contribution in [0.25, 0.3) is 0 Å². The molecule has 0 spiro atoms. The maximum absolute atomic E-state index is 11.5. The summed E-state index contributed by atoms with van der Waals surface area (Å²) in [5.41, 5.74) is 0.727. The second-order valence-electron chi connectivity index (χ2n) is 3.85. The van der Waals surface area contributed by atoms with Crippen LogP contribution in [0.1, 0.15) is 26.5 Å². The maximum Gasteiger partial charge on any atom is 0.144 e. The summed E-state index contributed by atoms with van der Waals surface area (Å²) in [6.07, 6.45) is 3.22. The topological polar surface area (TPSA) is 48.3 Å². The third-order valence-corrected chi connectivity index (χ3v) is 2.84. The van der Waals surface area contributed by atoms with Crippen molar-refractivity contribution in [3.8, 4) is 0 Å². The number of hydrogen-bond donors (Lipinski definition) is 0. The average Bonchev–Trinajstić information content (AvgIpc) is 2.14. The minimum absolute atomic E-state index is 0.314. The Labute approximate surface area is 87.6 Å². The first-order valence-corrected chi connectivity index (χ1v) is 5.48. The molecule has 0 saturated heterocycles. The molecule has 1 atom stereocenters. The normalized spacial score (nSPS) is 14.6. The lowest BCUT2D eigenvalue weighted by Gasteiger charge is -2.17. The maximum atomic E-state index is 11.5. The van der Waals surface area contributed by atoms with Gasteiger partial charge in [-0.2, -0.15) is 0 Å². The predicted octanol–water partition coefficient (Wildman–Crippen LogP) is 1.96. The van der Waals surface area contributed by atoms with Gasteiger partial charge >= 0.3 is 0 Å². The summed E-state index contributed by atoms with van der Waals surface area (Å²) in [7, 11) is 0. The van der Waals surface area contributed by atoms with E-state index >= 15 is 0 Å². The molecular weight excluding hydrogens is 196 g/mol. The van der Waals surface area contributed by atoms with Crippen molar-refractivity contribution in [3.63, 3.8) is 0 Å². The first-order valence-electron chi connectivity index (χ1n) is 4.37. The molecule has 0 saturated carbocycles. The smallest absolute Gasteiger partial charge is 0.144 e. The molecule has 3 nitrogen and oxygen atoms in total. The zero-order valence-corrected chi connectivity index (χ0v) is 9.41. The highest BCUT2D eigenvalue weighted by Crippen LogP contribution is 2.16. The fraction of sp³-hybridized carbons (Fsp3) is 0.400. The fourth-order valence-corrected chi connectivity index (χ4v) is 1.23. The van der Waals surface area contributed by atoms with E-state index in [1.165, 1.54) is 0 Å². The van der Waals surface area contributed by atoms with E-state index in [4.69, 9.17) is 0 Å². The molecule has 0 fully saturated rings. The van der Waals surface area contributed by atoms with E-state index in [9.17, 15) is 4.55 Å². The molecule has 0 bridgehead atoms. The molecule has 76 valence electrons. The second-order valence-corrected chi connectivity index (χ2v) is 5.78. The van der Waals surface area contributed by atoms with Crippen molar-refractivity contribution in [2.24, 2.45) is 4.40 Å². The number of nitrogens with zero attached hydrogens (tertiary/aromatic N) is 2. The van der Waals surface area contributed by atoms with Crippen LogP contribution >= 0.6 is 0 Å². The Morgan fingerprint density at radius 3 is 2.64 bits per heavy atom. The van der Waals surface area contributed by atoms with E-state index in [0.717, 1.165) is 5.69 Å². The minimum atomic E-state index is -1.21. The number of rotatable bonds is 2.